The van der Waals surface area contributed by atoms with E-state index in [0.29, 0.717) is 29.4 Å². The molecule has 0 radical (unpaired) electrons. The number of amides is 1. The lowest BCUT2D eigenvalue weighted by Crippen LogP contribution is -2.45. The Morgan fingerprint density at radius 3 is 2.37 bits per heavy atom. The predicted octanol–water partition coefficient (Wildman–Crippen LogP) is 3.86. The van der Waals surface area contributed by atoms with Crippen molar-refractivity contribution in [2.45, 2.75) is 31.1 Å². The molecule has 0 aliphatic carbocycles. The van der Waals surface area contributed by atoms with Gasteiger partial charge >= 0.3 is 0 Å². The summed E-state index contributed by atoms with van der Waals surface area (Å²) in [5, 5.41) is 0.524. The van der Waals surface area contributed by atoms with Gasteiger partial charge in [0.05, 0.1) is 10.6 Å². The summed E-state index contributed by atoms with van der Waals surface area (Å²) in [6.45, 7) is 2.93. The molecule has 2 aromatic rings. The van der Waals surface area contributed by atoms with E-state index in [-0.39, 0.29) is 17.3 Å². The van der Waals surface area contributed by atoms with Crippen molar-refractivity contribution in [1.82, 2.24) is 4.90 Å². The molecule has 27 heavy (non-hydrogen) atoms. The monoisotopic (exact) mass is 406 g/mol. The second kappa shape index (κ2) is 8.31. The molecule has 0 saturated carbocycles. The number of sulfonamides is 1. The van der Waals surface area contributed by atoms with Crippen LogP contribution in [0.25, 0.3) is 0 Å². The van der Waals surface area contributed by atoms with E-state index in [4.69, 9.17) is 11.6 Å². The molecule has 1 saturated heterocycles. The summed E-state index contributed by atoms with van der Waals surface area (Å²) in [6, 6.07) is 13.2. The first-order valence-electron chi connectivity index (χ1n) is 9.01. The summed E-state index contributed by atoms with van der Waals surface area (Å²) in [7, 11) is -3.88. The Morgan fingerprint density at radius 2 is 1.74 bits per heavy atom. The number of piperidine rings is 1. The molecule has 2 aromatic carbocycles. The number of carbonyl (C=O) groups excluding carboxylic acids is 1. The fourth-order valence-corrected chi connectivity index (χ4v) is 5.01. The summed E-state index contributed by atoms with van der Waals surface area (Å²) in [5.74, 6) is -0.177. The highest BCUT2D eigenvalue weighted by Crippen LogP contribution is 2.29. The first kappa shape index (κ1) is 19.7. The maximum atomic E-state index is 13.3. The second-order valence-electron chi connectivity index (χ2n) is 6.70. The molecule has 0 aromatic heterocycles. The van der Waals surface area contributed by atoms with E-state index < -0.39 is 10.0 Å². The van der Waals surface area contributed by atoms with Gasteiger partial charge < -0.3 is 4.90 Å². The second-order valence-corrected chi connectivity index (χ2v) is 9.00. The minimum Gasteiger partial charge on any atom is -0.341 e. The molecule has 144 valence electrons. The summed E-state index contributed by atoms with van der Waals surface area (Å²) in [5.41, 5.74) is 1.17. The summed E-state index contributed by atoms with van der Waals surface area (Å²) >= 11 is 6.04. The third kappa shape index (κ3) is 4.45. The van der Waals surface area contributed by atoms with Gasteiger partial charge in [-0.15, -0.1) is 0 Å². The fraction of sp³-hybridized carbons (Fsp3) is 0.350. The molecule has 0 N–H and O–H groups in total. The van der Waals surface area contributed by atoms with E-state index in [1.165, 1.54) is 4.31 Å². The highest BCUT2D eigenvalue weighted by Gasteiger charge is 2.30. The number of halogens is 1. The topological polar surface area (TPSA) is 57.7 Å². The highest BCUT2D eigenvalue weighted by atomic mass is 35.5. The largest absolute Gasteiger partial charge is 0.341 e. The Balaban J connectivity index is 1.99. The first-order chi connectivity index (χ1) is 12.9. The first-order valence-corrected chi connectivity index (χ1v) is 10.8. The van der Waals surface area contributed by atoms with Gasteiger partial charge in [0.2, 0.25) is 5.91 Å². The van der Waals surface area contributed by atoms with E-state index in [1.807, 2.05) is 0 Å². The van der Waals surface area contributed by atoms with E-state index >= 15 is 0 Å². The van der Waals surface area contributed by atoms with Crippen LogP contribution in [0.1, 0.15) is 24.8 Å². The van der Waals surface area contributed by atoms with E-state index in [9.17, 15) is 13.2 Å². The Morgan fingerprint density at radius 1 is 1.07 bits per heavy atom. The lowest BCUT2D eigenvalue weighted by Gasteiger charge is -2.31. The van der Waals surface area contributed by atoms with Gasteiger partial charge in [-0.3, -0.25) is 9.10 Å². The number of carbonyl (C=O) groups is 1. The Kier molecular flexibility index (Phi) is 6.07. The Hall–Kier alpha value is -2.05. The van der Waals surface area contributed by atoms with E-state index in [0.717, 1.165) is 19.3 Å². The van der Waals surface area contributed by atoms with Crippen molar-refractivity contribution in [2.24, 2.45) is 0 Å². The van der Waals surface area contributed by atoms with Crippen LogP contribution in [0, 0.1) is 6.92 Å². The average molecular weight is 407 g/mol. The van der Waals surface area contributed by atoms with Crippen LogP contribution >= 0.6 is 11.6 Å². The van der Waals surface area contributed by atoms with Gasteiger partial charge in [-0.25, -0.2) is 8.42 Å². The maximum Gasteiger partial charge on any atom is 0.264 e. The van der Waals surface area contributed by atoms with Crippen molar-refractivity contribution in [3.63, 3.8) is 0 Å². The molecule has 1 heterocycles. The molecular weight excluding hydrogens is 384 g/mol. The molecule has 0 unspecified atom stereocenters. The highest BCUT2D eigenvalue weighted by molar-refractivity contribution is 7.92. The van der Waals surface area contributed by atoms with Gasteiger partial charge in [-0.05, 0) is 62.1 Å². The number of nitrogens with zero attached hydrogens (tertiary/aromatic N) is 2. The quantitative estimate of drug-likeness (QED) is 0.757. The molecule has 3 rings (SSSR count). The lowest BCUT2D eigenvalue weighted by atomic mass is 10.1. The van der Waals surface area contributed by atoms with Crippen LogP contribution in [0.2, 0.25) is 5.02 Å². The van der Waals surface area contributed by atoms with Crippen LogP contribution in [0.4, 0.5) is 5.69 Å². The molecule has 5 nitrogen and oxygen atoms in total. The van der Waals surface area contributed by atoms with Crippen molar-refractivity contribution in [3.05, 3.63) is 59.1 Å². The molecule has 7 heteroatoms. The van der Waals surface area contributed by atoms with Crippen molar-refractivity contribution >= 4 is 33.2 Å². The predicted molar refractivity (Wildman–Crippen MR) is 108 cm³/mol. The van der Waals surface area contributed by atoms with Crippen molar-refractivity contribution in [3.8, 4) is 0 Å². The summed E-state index contributed by atoms with van der Waals surface area (Å²) < 4.78 is 27.8. The number of hydrogen-bond acceptors (Lipinski definition) is 3. The van der Waals surface area contributed by atoms with Gasteiger partial charge in [-0.2, -0.15) is 0 Å². The van der Waals surface area contributed by atoms with Crippen molar-refractivity contribution < 1.29 is 13.2 Å². The zero-order valence-electron chi connectivity index (χ0n) is 15.3. The molecule has 1 fully saturated rings. The minimum absolute atomic E-state index is 0.158. The Bertz CT molecular complexity index is 910. The van der Waals surface area contributed by atoms with Crippen molar-refractivity contribution in [1.29, 1.82) is 0 Å². The fourth-order valence-electron chi connectivity index (χ4n) is 3.28. The summed E-state index contributed by atoms with van der Waals surface area (Å²) in [6.07, 6.45) is 3.01. The number of rotatable bonds is 5. The molecule has 1 aliphatic rings. The normalized spacial score (nSPS) is 14.8. The Labute approximate surface area is 165 Å². The summed E-state index contributed by atoms with van der Waals surface area (Å²) in [4.78, 5) is 14.7. The van der Waals surface area contributed by atoms with Gasteiger partial charge in [0, 0.05) is 18.1 Å². The van der Waals surface area contributed by atoms with Crippen LogP contribution in [-0.2, 0) is 14.8 Å². The molecule has 0 bridgehead atoms. The molecule has 1 amide bonds. The van der Waals surface area contributed by atoms with Gasteiger partial charge in [0.15, 0.2) is 0 Å². The molecular formula is C20H23ClN2O3S. The standard InChI is InChI=1S/C20H23ClN2O3S/c1-16-14-17(21)10-11-19(16)23(15-20(24)22-12-6-3-7-13-22)27(25,26)18-8-4-2-5-9-18/h2,4-5,8-11,14H,3,6-7,12-13,15H2,1H3. The molecule has 0 atom stereocenters. The van der Waals surface area contributed by atoms with E-state index in [2.05, 4.69) is 0 Å². The third-order valence-corrected chi connectivity index (χ3v) is 6.76. The zero-order chi connectivity index (χ0) is 19.4. The van der Waals surface area contributed by atoms with Crippen LogP contribution in [0.15, 0.2) is 53.4 Å². The van der Waals surface area contributed by atoms with Crippen LogP contribution in [-0.4, -0.2) is 38.9 Å². The average Bonchev–Trinajstić information content (AvgIpc) is 2.68. The van der Waals surface area contributed by atoms with Crippen LogP contribution in [0.5, 0.6) is 0 Å². The van der Waals surface area contributed by atoms with Crippen LogP contribution < -0.4 is 4.31 Å². The van der Waals surface area contributed by atoms with Gasteiger partial charge in [0.25, 0.3) is 10.0 Å². The molecule has 0 spiro atoms. The number of aryl methyl sites for hydroxylation is 1. The maximum absolute atomic E-state index is 13.3. The SMILES string of the molecule is Cc1cc(Cl)ccc1N(CC(=O)N1CCCCC1)S(=O)(=O)c1ccccc1. The van der Waals surface area contributed by atoms with Gasteiger partial charge in [0.1, 0.15) is 6.54 Å². The number of hydrogen-bond donors (Lipinski definition) is 0. The van der Waals surface area contributed by atoms with Gasteiger partial charge in [-0.1, -0.05) is 29.8 Å². The number of likely N-dealkylation sites (tertiary alicyclic amines) is 1. The minimum atomic E-state index is -3.88. The lowest BCUT2D eigenvalue weighted by molar-refractivity contribution is -0.130. The third-order valence-electron chi connectivity index (χ3n) is 4.75. The smallest absolute Gasteiger partial charge is 0.264 e. The zero-order valence-corrected chi connectivity index (χ0v) is 16.8. The molecule has 1 aliphatic heterocycles. The van der Waals surface area contributed by atoms with E-state index in [1.54, 1.807) is 60.4 Å². The number of benzene rings is 2. The van der Waals surface area contributed by atoms with Crippen LogP contribution in [0.3, 0.4) is 0 Å². The number of anilines is 1. The van der Waals surface area contributed by atoms with Crippen molar-refractivity contribution in [2.75, 3.05) is 23.9 Å².